The van der Waals surface area contributed by atoms with E-state index >= 15 is 0 Å². The Morgan fingerprint density at radius 3 is 2.59 bits per heavy atom. The van der Waals surface area contributed by atoms with E-state index in [1.807, 2.05) is 0 Å². The van der Waals surface area contributed by atoms with Crippen LogP contribution in [-0.2, 0) is 14.3 Å². The van der Waals surface area contributed by atoms with Crippen LogP contribution < -0.4 is 5.32 Å². The molecule has 4 heteroatoms. The summed E-state index contributed by atoms with van der Waals surface area (Å²) in [6.07, 6.45) is 5.90. The summed E-state index contributed by atoms with van der Waals surface area (Å²) in [7, 11) is 3.21. The molecule has 0 amide bonds. The van der Waals surface area contributed by atoms with Crippen LogP contribution in [0.3, 0.4) is 0 Å². The van der Waals surface area contributed by atoms with Gasteiger partial charge in [0.05, 0.1) is 7.11 Å². The minimum Gasteiger partial charge on any atom is -0.468 e. The normalized spacial score (nSPS) is 23.2. The van der Waals surface area contributed by atoms with Gasteiger partial charge in [0.2, 0.25) is 0 Å². The summed E-state index contributed by atoms with van der Waals surface area (Å²) in [6.45, 7) is 1.74. The fourth-order valence-corrected chi connectivity index (χ4v) is 2.34. The van der Waals surface area contributed by atoms with Crippen molar-refractivity contribution in [3.05, 3.63) is 0 Å². The van der Waals surface area contributed by atoms with Crippen molar-refractivity contribution >= 4 is 5.97 Å². The molecule has 1 N–H and O–H groups in total. The van der Waals surface area contributed by atoms with Crippen molar-refractivity contribution in [2.75, 3.05) is 27.4 Å². The third kappa shape index (κ3) is 3.42. The summed E-state index contributed by atoms with van der Waals surface area (Å²) in [5.74, 6) is 0.399. The average molecular weight is 241 g/mol. The van der Waals surface area contributed by atoms with Gasteiger partial charge in [-0.1, -0.05) is 0 Å². The molecule has 0 radical (unpaired) electrons. The standard InChI is InChI=1S/C13H23NO3/c1-16-8-7-13(5-6-13)9-14-11(10-3-4-10)12(15)17-2/h10-11,14H,3-9H2,1-2H3. The number of carbonyl (C=O) groups excluding carboxylic acids is 1. The molecule has 1 atom stereocenters. The molecule has 0 spiro atoms. The molecule has 0 aromatic heterocycles. The number of carbonyl (C=O) groups is 1. The van der Waals surface area contributed by atoms with E-state index in [0.717, 1.165) is 32.4 Å². The number of rotatable bonds is 8. The molecular formula is C13H23NO3. The quantitative estimate of drug-likeness (QED) is 0.652. The van der Waals surface area contributed by atoms with Crippen LogP contribution in [-0.4, -0.2) is 39.4 Å². The Hall–Kier alpha value is -0.610. The Balaban J connectivity index is 1.77. The fraction of sp³-hybridized carbons (Fsp3) is 0.923. The largest absolute Gasteiger partial charge is 0.468 e. The van der Waals surface area contributed by atoms with Gasteiger partial charge in [0.25, 0.3) is 0 Å². The number of esters is 1. The van der Waals surface area contributed by atoms with Crippen LogP contribution in [0.1, 0.15) is 32.1 Å². The van der Waals surface area contributed by atoms with Gasteiger partial charge in [-0.15, -0.1) is 0 Å². The maximum Gasteiger partial charge on any atom is 0.323 e. The molecule has 1 unspecified atom stereocenters. The highest BCUT2D eigenvalue weighted by Crippen LogP contribution is 2.48. The number of nitrogens with one attached hydrogen (secondary N) is 1. The first-order valence-corrected chi connectivity index (χ1v) is 6.51. The molecule has 0 aromatic carbocycles. The second kappa shape index (κ2) is 5.36. The van der Waals surface area contributed by atoms with Gasteiger partial charge in [0.1, 0.15) is 6.04 Å². The summed E-state index contributed by atoms with van der Waals surface area (Å²) in [5, 5.41) is 3.41. The molecule has 2 aliphatic rings. The van der Waals surface area contributed by atoms with E-state index in [2.05, 4.69) is 5.32 Å². The van der Waals surface area contributed by atoms with Crippen molar-refractivity contribution < 1.29 is 14.3 Å². The predicted octanol–water partition coefficient (Wildman–Crippen LogP) is 1.34. The highest BCUT2D eigenvalue weighted by Gasteiger charge is 2.44. The van der Waals surface area contributed by atoms with Gasteiger partial charge in [0.15, 0.2) is 0 Å². The monoisotopic (exact) mass is 241 g/mol. The lowest BCUT2D eigenvalue weighted by Gasteiger charge is -2.20. The van der Waals surface area contributed by atoms with Gasteiger partial charge in [-0.3, -0.25) is 4.79 Å². The average Bonchev–Trinajstić information content (AvgIpc) is 3.22. The lowest BCUT2D eigenvalue weighted by molar-refractivity contribution is -0.143. The Bertz CT molecular complexity index is 272. The van der Waals surface area contributed by atoms with Crippen LogP contribution in [0, 0.1) is 11.3 Å². The van der Waals surface area contributed by atoms with E-state index in [4.69, 9.17) is 9.47 Å². The van der Waals surface area contributed by atoms with Crippen LogP contribution in [0.2, 0.25) is 0 Å². The molecule has 2 saturated carbocycles. The molecule has 2 rings (SSSR count). The van der Waals surface area contributed by atoms with Crippen LogP contribution in [0.5, 0.6) is 0 Å². The fourth-order valence-electron chi connectivity index (χ4n) is 2.34. The highest BCUT2D eigenvalue weighted by atomic mass is 16.5. The van der Waals surface area contributed by atoms with Crippen molar-refractivity contribution in [2.45, 2.75) is 38.1 Å². The lowest BCUT2D eigenvalue weighted by atomic mass is 10.0. The number of hydrogen-bond acceptors (Lipinski definition) is 4. The minimum absolute atomic E-state index is 0.0833. The van der Waals surface area contributed by atoms with Crippen molar-refractivity contribution in [1.82, 2.24) is 5.32 Å². The third-order valence-corrected chi connectivity index (χ3v) is 4.04. The zero-order valence-corrected chi connectivity index (χ0v) is 10.8. The maximum atomic E-state index is 11.6. The van der Waals surface area contributed by atoms with Gasteiger partial charge >= 0.3 is 5.97 Å². The smallest absolute Gasteiger partial charge is 0.323 e. The molecule has 2 aliphatic carbocycles. The first-order chi connectivity index (χ1) is 8.21. The lowest BCUT2D eigenvalue weighted by Crippen LogP contribution is -2.42. The molecule has 0 bridgehead atoms. The van der Waals surface area contributed by atoms with Crippen molar-refractivity contribution in [1.29, 1.82) is 0 Å². The van der Waals surface area contributed by atoms with Crippen LogP contribution in [0.4, 0.5) is 0 Å². The first kappa shape index (κ1) is 12.8. The molecule has 98 valence electrons. The minimum atomic E-state index is -0.102. The maximum absolute atomic E-state index is 11.6. The number of methoxy groups -OCH3 is 2. The summed E-state index contributed by atoms with van der Waals surface area (Å²) in [5.41, 5.74) is 0.386. The summed E-state index contributed by atoms with van der Waals surface area (Å²) < 4.78 is 9.99. The summed E-state index contributed by atoms with van der Waals surface area (Å²) in [6, 6.07) is -0.0833. The van der Waals surface area contributed by atoms with Crippen molar-refractivity contribution in [3.63, 3.8) is 0 Å². The highest BCUT2D eigenvalue weighted by molar-refractivity contribution is 5.76. The number of hydrogen-bond donors (Lipinski definition) is 1. The van der Waals surface area contributed by atoms with Gasteiger partial charge < -0.3 is 14.8 Å². The van der Waals surface area contributed by atoms with E-state index in [1.165, 1.54) is 20.0 Å². The molecule has 2 fully saturated rings. The van der Waals surface area contributed by atoms with E-state index in [-0.39, 0.29) is 12.0 Å². The SMILES string of the molecule is COCCC1(CNC(C(=O)OC)C2CC2)CC1. The molecule has 4 nitrogen and oxygen atoms in total. The Morgan fingerprint density at radius 1 is 1.41 bits per heavy atom. The van der Waals surface area contributed by atoms with Gasteiger partial charge in [0, 0.05) is 20.3 Å². The van der Waals surface area contributed by atoms with Crippen molar-refractivity contribution in [3.8, 4) is 0 Å². The summed E-state index contributed by atoms with van der Waals surface area (Å²) in [4.78, 5) is 11.6. The summed E-state index contributed by atoms with van der Waals surface area (Å²) >= 11 is 0. The Kier molecular flexibility index (Phi) is 4.05. The molecule has 17 heavy (non-hydrogen) atoms. The Labute approximate surface area is 103 Å². The number of ether oxygens (including phenoxy) is 2. The van der Waals surface area contributed by atoms with Crippen LogP contribution in [0.15, 0.2) is 0 Å². The van der Waals surface area contributed by atoms with E-state index < -0.39 is 0 Å². The van der Waals surface area contributed by atoms with Crippen molar-refractivity contribution in [2.24, 2.45) is 11.3 Å². The molecule has 0 saturated heterocycles. The van der Waals surface area contributed by atoms with Gasteiger partial charge in [-0.25, -0.2) is 0 Å². The third-order valence-electron chi connectivity index (χ3n) is 4.04. The zero-order valence-electron chi connectivity index (χ0n) is 10.8. The van der Waals surface area contributed by atoms with E-state index in [9.17, 15) is 4.79 Å². The Morgan fingerprint density at radius 2 is 2.12 bits per heavy atom. The molecule has 0 aliphatic heterocycles. The first-order valence-electron chi connectivity index (χ1n) is 6.51. The second-order valence-corrected chi connectivity index (χ2v) is 5.46. The van der Waals surface area contributed by atoms with Crippen LogP contribution in [0.25, 0.3) is 0 Å². The molecule has 0 aromatic rings. The van der Waals surface area contributed by atoms with Gasteiger partial charge in [-0.2, -0.15) is 0 Å². The van der Waals surface area contributed by atoms with Gasteiger partial charge in [-0.05, 0) is 43.4 Å². The molecule has 0 heterocycles. The topological polar surface area (TPSA) is 47.6 Å². The second-order valence-electron chi connectivity index (χ2n) is 5.46. The van der Waals surface area contributed by atoms with E-state index in [1.54, 1.807) is 7.11 Å². The molecular weight excluding hydrogens is 218 g/mol. The zero-order chi connectivity index (χ0) is 12.3. The van der Waals surface area contributed by atoms with E-state index in [0.29, 0.717) is 11.3 Å². The van der Waals surface area contributed by atoms with Crippen LogP contribution >= 0.6 is 0 Å². The predicted molar refractivity (Wildman–Crippen MR) is 64.7 cm³/mol.